The molecule has 15 heavy (non-hydrogen) atoms. The topological polar surface area (TPSA) is 12.0 Å². The van der Waals surface area contributed by atoms with E-state index in [4.69, 9.17) is 0 Å². The first-order chi connectivity index (χ1) is 7.11. The molecule has 0 fully saturated rings. The van der Waals surface area contributed by atoms with Crippen molar-refractivity contribution in [2.45, 2.75) is 33.2 Å². The lowest BCUT2D eigenvalue weighted by molar-refractivity contribution is 0.617. The van der Waals surface area contributed by atoms with Crippen LogP contribution in [0.5, 0.6) is 0 Å². The summed E-state index contributed by atoms with van der Waals surface area (Å²) in [7, 11) is 0. The van der Waals surface area contributed by atoms with Crippen LogP contribution < -0.4 is 5.32 Å². The van der Waals surface area contributed by atoms with Crippen LogP contribution in [0.4, 0.5) is 0 Å². The molecule has 1 aromatic heterocycles. The van der Waals surface area contributed by atoms with Crippen LogP contribution in [0.1, 0.15) is 32.1 Å². The molecule has 0 aliphatic carbocycles. The minimum absolute atomic E-state index is 0.551. The van der Waals surface area contributed by atoms with Gasteiger partial charge in [0.15, 0.2) is 0 Å². The number of hydrogen-bond donors (Lipinski definition) is 1. The first-order valence-electron chi connectivity index (χ1n) is 5.30. The van der Waals surface area contributed by atoms with Gasteiger partial charge in [0, 0.05) is 17.5 Å². The molecular weight excluding hydrogens is 270 g/mol. The van der Waals surface area contributed by atoms with Crippen molar-refractivity contribution in [3.05, 3.63) is 26.4 Å². The van der Waals surface area contributed by atoms with E-state index in [2.05, 4.69) is 60.2 Å². The average molecular weight is 288 g/mol. The minimum Gasteiger partial charge on any atom is -0.311 e. The van der Waals surface area contributed by atoms with Crippen LogP contribution in [0.3, 0.4) is 0 Å². The van der Waals surface area contributed by atoms with Gasteiger partial charge in [0.05, 0.1) is 3.79 Å². The summed E-state index contributed by atoms with van der Waals surface area (Å²) < 4.78 is 1.20. The van der Waals surface area contributed by atoms with E-state index >= 15 is 0 Å². The fourth-order valence-electron chi connectivity index (χ4n) is 1.22. The van der Waals surface area contributed by atoms with E-state index < -0.39 is 0 Å². The highest BCUT2D eigenvalue weighted by Gasteiger charge is 1.99. The maximum Gasteiger partial charge on any atom is 0.0704 e. The van der Waals surface area contributed by atoms with E-state index in [9.17, 15) is 0 Å². The monoisotopic (exact) mass is 287 g/mol. The highest BCUT2D eigenvalue weighted by atomic mass is 79.9. The third kappa shape index (κ3) is 4.96. The van der Waals surface area contributed by atoms with Crippen molar-refractivity contribution in [1.82, 2.24) is 5.32 Å². The predicted octanol–water partition coefficient (Wildman–Crippen LogP) is 4.30. The average Bonchev–Trinajstić information content (AvgIpc) is 2.58. The van der Waals surface area contributed by atoms with Crippen LogP contribution in [0.15, 0.2) is 21.5 Å². The van der Waals surface area contributed by atoms with Crippen molar-refractivity contribution in [1.29, 1.82) is 0 Å². The maximum absolute atomic E-state index is 3.48. The van der Waals surface area contributed by atoms with Crippen LogP contribution >= 0.6 is 27.3 Å². The molecule has 84 valence electrons. The van der Waals surface area contributed by atoms with Crippen LogP contribution in [-0.4, -0.2) is 12.6 Å². The van der Waals surface area contributed by atoms with E-state index in [0.717, 1.165) is 13.0 Å². The van der Waals surface area contributed by atoms with Crippen molar-refractivity contribution in [2.75, 3.05) is 6.54 Å². The van der Waals surface area contributed by atoms with E-state index in [1.165, 1.54) is 14.2 Å². The lowest BCUT2D eigenvalue weighted by atomic mass is 10.1. The molecular formula is C12H18BrNS. The van der Waals surface area contributed by atoms with E-state index in [-0.39, 0.29) is 0 Å². The van der Waals surface area contributed by atoms with Gasteiger partial charge in [-0.3, -0.25) is 0 Å². The Morgan fingerprint density at radius 1 is 1.53 bits per heavy atom. The summed E-state index contributed by atoms with van der Waals surface area (Å²) in [4.78, 5) is 1.32. The molecule has 0 saturated carbocycles. The van der Waals surface area contributed by atoms with Crippen LogP contribution in [0.2, 0.25) is 0 Å². The second-order valence-corrected chi connectivity index (χ2v) is 6.33. The second-order valence-electron chi connectivity index (χ2n) is 3.83. The van der Waals surface area contributed by atoms with Gasteiger partial charge in [0.1, 0.15) is 0 Å². The molecule has 1 rings (SSSR count). The van der Waals surface area contributed by atoms with Crippen molar-refractivity contribution in [3.8, 4) is 0 Å². The number of nitrogens with one attached hydrogen (secondary N) is 1. The Kier molecular flexibility index (Phi) is 5.58. The highest BCUT2D eigenvalue weighted by Crippen LogP contribution is 2.24. The summed E-state index contributed by atoms with van der Waals surface area (Å²) in [6.45, 7) is 7.55. The van der Waals surface area contributed by atoms with Gasteiger partial charge >= 0.3 is 0 Å². The fraction of sp³-hybridized carbons (Fsp3) is 0.500. The van der Waals surface area contributed by atoms with Gasteiger partial charge in [-0.15, -0.1) is 11.3 Å². The van der Waals surface area contributed by atoms with Gasteiger partial charge in [-0.25, -0.2) is 0 Å². The molecule has 0 bridgehead atoms. The standard InChI is InChI=1S/C12H18BrNS/c1-4-10(8-14-9(2)3)7-11-5-6-12(13)15-11/h5-7,9,14H,4,8H2,1-3H3. The Balaban J connectivity index is 2.61. The largest absolute Gasteiger partial charge is 0.311 e. The summed E-state index contributed by atoms with van der Waals surface area (Å²) in [5.41, 5.74) is 1.46. The van der Waals surface area contributed by atoms with E-state index in [1.807, 2.05) is 0 Å². The zero-order chi connectivity index (χ0) is 11.3. The summed E-state index contributed by atoms with van der Waals surface area (Å²) in [5, 5.41) is 3.45. The Morgan fingerprint density at radius 2 is 2.27 bits per heavy atom. The maximum atomic E-state index is 3.48. The molecule has 0 radical (unpaired) electrons. The quantitative estimate of drug-likeness (QED) is 0.851. The van der Waals surface area contributed by atoms with Crippen LogP contribution in [0, 0.1) is 0 Å². The van der Waals surface area contributed by atoms with Crippen molar-refractivity contribution >= 4 is 33.3 Å². The van der Waals surface area contributed by atoms with Crippen molar-refractivity contribution in [2.24, 2.45) is 0 Å². The molecule has 1 heterocycles. The normalized spacial score (nSPS) is 12.5. The molecule has 0 amide bonds. The fourth-order valence-corrected chi connectivity index (χ4v) is 2.64. The first-order valence-corrected chi connectivity index (χ1v) is 6.91. The summed E-state index contributed by atoms with van der Waals surface area (Å²) in [6, 6.07) is 4.80. The molecule has 1 aromatic rings. The van der Waals surface area contributed by atoms with Gasteiger partial charge in [-0.1, -0.05) is 26.3 Å². The summed E-state index contributed by atoms with van der Waals surface area (Å²) >= 11 is 5.26. The molecule has 0 aliphatic heterocycles. The number of rotatable bonds is 5. The minimum atomic E-state index is 0.551. The molecule has 0 atom stereocenters. The predicted molar refractivity (Wildman–Crippen MR) is 73.4 cm³/mol. The zero-order valence-electron chi connectivity index (χ0n) is 9.51. The third-order valence-corrected chi connectivity index (χ3v) is 3.70. The Morgan fingerprint density at radius 3 is 2.73 bits per heavy atom. The Bertz CT molecular complexity index is 328. The summed E-state index contributed by atoms with van der Waals surface area (Å²) in [5.74, 6) is 0. The highest BCUT2D eigenvalue weighted by molar-refractivity contribution is 9.11. The molecule has 0 spiro atoms. The van der Waals surface area contributed by atoms with Crippen LogP contribution in [0.25, 0.3) is 6.08 Å². The second kappa shape index (κ2) is 6.46. The van der Waals surface area contributed by atoms with E-state index in [1.54, 1.807) is 11.3 Å². The molecule has 1 N–H and O–H groups in total. The molecule has 1 nitrogen and oxygen atoms in total. The lowest BCUT2D eigenvalue weighted by Gasteiger charge is -2.09. The van der Waals surface area contributed by atoms with Gasteiger partial charge in [0.2, 0.25) is 0 Å². The number of hydrogen-bond acceptors (Lipinski definition) is 2. The van der Waals surface area contributed by atoms with Gasteiger partial charge in [-0.05, 0) is 40.6 Å². The number of thiophene rings is 1. The molecule has 0 aromatic carbocycles. The van der Waals surface area contributed by atoms with Gasteiger partial charge in [0.25, 0.3) is 0 Å². The summed E-state index contributed by atoms with van der Waals surface area (Å²) in [6.07, 6.45) is 3.39. The number of halogens is 1. The molecule has 0 aliphatic rings. The Labute approximate surface area is 105 Å². The Hall–Kier alpha value is -0.120. The van der Waals surface area contributed by atoms with Crippen molar-refractivity contribution in [3.63, 3.8) is 0 Å². The zero-order valence-corrected chi connectivity index (χ0v) is 11.9. The lowest BCUT2D eigenvalue weighted by Crippen LogP contribution is -2.24. The first kappa shape index (κ1) is 12.9. The SMILES string of the molecule is CCC(=Cc1ccc(Br)s1)CNC(C)C. The molecule has 0 saturated heterocycles. The van der Waals surface area contributed by atoms with Crippen LogP contribution in [-0.2, 0) is 0 Å². The van der Waals surface area contributed by atoms with Crippen molar-refractivity contribution < 1.29 is 0 Å². The third-order valence-electron chi connectivity index (χ3n) is 2.13. The molecule has 0 unspecified atom stereocenters. The van der Waals surface area contributed by atoms with E-state index in [0.29, 0.717) is 6.04 Å². The smallest absolute Gasteiger partial charge is 0.0704 e. The molecule has 3 heteroatoms. The van der Waals surface area contributed by atoms with Gasteiger partial charge in [-0.2, -0.15) is 0 Å². The van der Waals surface area contributed by atoms with Gasteiger partial charge < -0.3 is 5.32 Å².